The molecule has 7 nitrogen and oxygen atoms in total. The van der Waals surface area contributed by atoms with Gasteiger partial charge in [0, 0.05) is 18.0 Å². The molecule has 1 saturated heterocycles. The number of ketones is 1. The predicted octanol–water partition coefficient (Wildman–Crippen LogP) is 3.70. The second-order valence-electron chi connectivity index (χ2n) is 6.75. The van der Waals surface area contributed by atoms with E-state index in [1.807, 2.05) is 6.92 Å². The molecule has 4 rings (SSSR count). The Morgan fingerprint density at radius 2 is 1.97 bits per heavy atom. The zero-order valence-electron chi connectivity index (χ0n) is 16.3. The number of carbonyl (C=O) groups excluding carboxylic acids is 2. The van der Waals surface area contributed by atoms with E-state index < -0.39 is 17.7 Å². The number of furan rings is 1. The average molecular weight is 404 g/mol. The molecule has 1 aliphatic heterocycles. The number of nitrogens with zero attached hydrogens (tertiary/aromatic N) is 2. The van der Waals surface area contributed by atoms with Crippen LogP contribution in [0, 0.1) is 0 Å². The number of hydrogen-bond acceptors (Lipinski definition) is 6. The van der Waals surface area contributed by atoms with Crippen molar-refractivity contribution in [3.05, 3.63) is 89.6 Å². The fourth-order valence-electron chi connectivity index (χ4n) is 3.57. The molecule has 0 bridgehead atoms. The topological polar surface area (TPSA) is 92.9 Å². The van der Waals surface area contributed by atoms with Gasteiger partial charge < -0.3 is 19.2 Å². The van der Waals surface area contributed by atoms with Crippen LogP contribution in [0.4, 0.5) is 0 Å². The molecule has 30 heavy (non-hydrogen) atoms. The summed E-state index contributed by atoms with van der Waals surface area (Å²) in [5.74, 6) is -0.546. The van der Waals surface area contributed by atoms with Crippen LogP contribution in [0.5, 0.6) is 5.75 Å². The van der Waals surface area contributed by atoms with Gasteiger partial charge in [-0.25, -0.2) is 0 Å². The first-order valence-electron chi connectivity index (χ1n) is 9.54. The molecule has 1 fully saturated rings. The fraction of sp³-hybridized carbons (Fsp3) is 0.174. The maximum Gasteiger partial charge on any atom is 0.296 e. The summed E-state index contributed by atoms with van der Waals surface area (Å²) in [6, 6.07) is 13.0. The van der Waals surface area contributed by atoms with Crippen molar-refractivity contribution in [3.63, 3.8) is 0 Å². The number of rotatable bonds is 6. The van der Waals surface area contributed by atoms with Crippen molar-refractivity contribution in [1.82, 2.24) is 9.88 Å². The van der Waals surface area contributed by atoms with Crippen LogP contribution >= 0.6 is 0 Å². The maximum atomic E-state index is 13.0. The Morgan fingerprint density at radius 3 is 2.67 bits per heavy atom. The molecular formula is C23H20N2O5. The Labute approximate surface area is 173 Å². The van der Waals surface area contributed by atoms with E-state index in [9.17, 15) is 14.7 Å². The van der Waals surface area contributed by atoms with Gasteiger partial charge in [-0.3, -0.25) is 14.6 Å². The van der Waals surface area contributed by atoms with E-state index in [0.717, 1.165) is 0 Å². The number of likely N-dealkylation sites (tertiary alicyclic amines) is 1. The van der Waals surface area contributed by atoms with Gasteiger partial charge in [-0.05, 0) is 48.9 Å². The van der Waals surface area contributed by atoms with Crippen molar-refractivity contribution in [2.24, 2.45) is 0 Å². The molecule has 2 aromatic heterocycles. The third-order valence-corrected chi connectivity index (χ3v) is 4.88. The quantitative estimate of drug-likeness (QED) is 0.383. The molecule has 1 unspecified atom stereocenters. The van der Waals surface area contributed by atoms with E-state index >= 15 is 0 Å². The lowest BCUT2D eigenvalue weighted by Gasteiger charge is -2.25. The highest BCUT2D eigenvalue weighted by molar-refractivity contribution is 6.46. The summed E-state index contributed by atoms with van der Waals surface area (Å²) in [7, 11) is 0. The van der Waals surface area contributed by atoms with E-state index in [0.29, 0.717) is 29.2 Å². The van der Waals surface area contributed by atoms with Crippen LogP contribution < -0.4 is 4.74 Å². The third-order valence-electron chi connectivity index (χ3n) is 4.88. The highest BCUT2D eigenvalue weighted by atomic mass is 16.5. The summed E-state index contributed by atoms with van der Waals surface area (Å²) in [5.41, 5.74) is 1.08. The number of aliphatic hydroxyl groups excluding tert-OH is 1. The lowest BCUT2D eigenvalue weighted by molar-refractivity contribution is -0.140. The minimum atomic E-state index is -0.788. The molecular weight excluding hydrogens is 384 g/mol. The van der Waals surface area contributed by atoms with Gasteiger partial charge in [-0.1, -0.05) is 12.1 Å². The van der Waals surface area contributed by atoms with Gasteiger partial charge in [-0.2, -0.15) is 0 Å². The first kappa shape index (κ1) is 19.4. The Bertz CT molecular complexity index is 1090. The van der Waals surface area contributed by atoms with E-state index in [4.69, 9.17) is 9.15 Å². The van der Waals surface area contributed by atoms with Crippen LogP contribution in [-0.4, -0.2) is 33.3 Å². The van der Waals surface area contributed by atoms with Gasteiger partial charge in [0.15, 0.2) is 0 Å². The maximum absolute atomic E-state index is 13.0. The molecule has 1 aliphatic rings. The fourth-order valence-corrected chi connectivity index (χ4v) is 3.57. The summed E-state index contributed by atoms with van der Waals surface area (Å²) < 4.78 is 11.0. The molecule has 0 radical (unpaired) electrons. The molecule has 7 heteroatoms. The van der Waals surface area contributed by atoms with Crippen LogP contribution in [0.2, 0.25) is 0 Å². The van der Waals surface area contributed by atoms with Crippen molar-refractivity contribution >= 4 is 17.4 Å². The second-order valence-corrected chi connectivity index (χ2v) is 6.75. The smallest absolute Gasteiger partial charge is 0.296 e. The van der Waals surface area contributed by atoms with Crippen LogP contribution in [0.15, 0.2) is 77.2 Å². The summed E-state index contributed by atoms with van der Waals surface area (Å²) in [6.45, 7) is 2.44. The van der Waals surface area contributed by atoms with Gasteiger partial charge in [0.25, 0.3) is 11.7 Å². The Morgan fingerprint density at radius 1 is 1.17 bits per heavy atom. The Hall–Kier alpha value is -3.87. The first-order valence-corrected chi connectivity index (χ1v) is 9.54. The van der Waals surface area contributed by atoms with Gasteiger partial charge >= 0.3 is 0 Å². The minimum absolute atomic E-state index is 0.0198. The zero-order chi connectivity index (χ0) is 21.1. The summed E-state index contributed by atoms with van der Waals surface area (Å²) in [6.07, 6.45) is 4.53. The average Bonchev–Trinajstić information content (AvgIpc) is 3.37. The van der Waals surface area contributed by atoms with Crippen LogP contribution in [-0.2, 0) is 16.1 Å². The number of aliphatic hydroxyl groups is 1. The number of carbonyl (C=O) groups is 2. The van der Waals surface area contributed by atoms with Gasteiger partial charge in [-0.15, -0.1) is 0 Å². The second kappa shape index (κ2) is 8.24. The van der Waals surface area contributed by atoms with Crippen molar-refractivity contribution < 1.29 is 23.8 Å². The van der Waals surface area contributed by atoms with Gasteiger partial charge in [0.05, 0.1) is 31.0 Å². The monoisotopic (exact) mass is 404 g/mol. The van der Waals surface area contributed by atoms with Gasteiger partial charge in [0.2, 0.25) is 0 Å². The summed E-state index contributed by atoms with van der Waals surface area (Å²) in [5, 5.41) is 11.0. The normalized spacial score (nSPS) is 18.0. The lowest BCUT2D eigenvalue weighted by Crippen LogP contribution is -2.29. The predicted molar refractivity (Wildman–Crippen MR) is 108 cm³/mol. The molecule has 1 aromatic carbocycles. The number of amides is 1. The summed E-state index contributed by atoms with van der Waals surface area (Å²) in [4.78, 5) is 31.2. The number of aromatic nitrogens is 1. The number of pyridine rings is 1. The lowest BCUT2D eigenvalue weighted by atomic mass is 9.95. The van der Waals surface area contributed by atoms with Crippen molar-refractivity contribution in [2.45, 2.75) is 19.5 Å². The van der Waals surface area contributed by atoms with E-state index in [1.165, 1.54) is 23.6 Å². The largest absolute Gasteiger partial charge is 0.507 e. The molecule has 0 aliphatic carbocycles. The molecule has 0 saturated carbocycles. The van der Waals surface area contributed by atoms with Crippen molar-refractivity contribution in [3.8, 4) is 5.75 Å². The van der Waals surface area contributed by atoms with E-state index in [1.54, 1.807) is 48.5 Å². The van der Waals surface area contributed by atoms with Crippen LogP contribution in [0.3, 0.4) is 0 Å². The van der Waals surface area contributed by atoms with Crippen molar-refractivity contribution in [1.29, 1.82) is 0 Å². The minimum Gasteiger partial charge on any atom is -0.507 e. The Kier molecular flexibility index (Phi) is 5.34. The molecule has 1 amide bonds. The molecule has 3 heterocycles. The van der Waals surface area contributed by atoms with E-state index in [2.05, 4.69) is 4.98 Å². The van der Waals surface area contributed by atoms with Gasteiger partial charge in [0.1, 0.15) is 17.3 Å². The Balaban J connectivity index is 1.86. The SMILES string of the molecule is CCOc1cccc(C2C(=C(O)c3ccncc3)C(=O)C(=O)N2Cc2ccco2)c1. The first-order chi connectivity index (χ1) is 14.6. The standard InChI is InChI=1S/C23H20N2O5/c1-2-29-17-6-3-5-16(13-17)20-19(21(26)15-8-10-24-11-9-15)22(27)23(28)25(20)14-18-7-4-12-30-18/h3-13,20,26H,2,14H2,1H3. The molecule has 0 spiro atoms. The molecule has 152 valence electrons. The van der Waals surface area contributed by atoms with Crippen molar-refractivity contribution in [2.75, 3.05) is 6.61 Å². The van der Waals surface area contributed by atoms with E-state index in [-0.39, 0.29) is 17.9 Å². The number of benzene rings is 1. The number of Topliss-reactive ketones (excluding diaryl/α,β-unsaturated/α-hetero) is 1. The molecule has 1 N–H and O–H groups in total. The highest BCUT2D eigenvalue weighted by Crippen LogP contribution is 2.41. The van der Waals surface area contributed by atoms with Crippen LogP contribution in [0.25, 0.3) is 5.76 Å². The molecule has 3 aromatic rings. The molecule has 1 atom stereocenters. The highest BCUT2D eigenvalue weighted by Gasteiger charge is 2.46. The summed E-state index contributed by atoms with van der Waals surface area (Å²) >= 11 is 0. The van der Waals surface area contributed by atoms with Crippen LogP contribution in [0.1, 0.15) is 29.9 Å². The number of hydrogen-bond donors (Lipinski definition) is 1. The third kappa shape index (κ3) is 3.57. The zero-order valence-corrected chi connectivity index (χ0v) is 16.3. The number of ether oxygens (including phenoxy) is 1.